The second kappa shape index (κ2) is 8.70. The van der Waals surface area contributed by atoms with Crippen molar-refractivity contribution in [2.75, 3.05) is 27.0 Å². The summed E-state index contributed by atoms with van der Waals surface area (Å²) in [6, 6.07) is 0. The van der Waals surface area contributed by atoms with Crippen molar-refractivity contribution in [1.29, 1.82) is 0 Å². The lowest BCUT2D eigenvalue weighted by molar-refractivity contribution is -0.00317. The van der Waals surface area contributed by atoms with Gasteiger partial charge in [-0.15, -0.1) is 0 Å². The second-order valence-corrected chi connectivity index (χ2v) is 10.3. The number of hydrogen-bond acceptors (Lipinski definition) is 6. The molecule has 22 heavy (non-hydrogen) atoms. The first kappa shape index (κ1) is 20.7. The van der Waals surface area contributed by atoms with Crippen LogP contribution in [0.25, 0.3) is 0 Å². The first-order chi connectivity index (χ1) is 10.2. The van der Waals surface area contributed by atoms with Gasteiger partial charge in [-0.05, 0) is 43.3 Å². The molecule has 1 rings (SSSR count). The van der Waals surface area contributed by atoms with E-state index in [2.05, 4.69) is 4.52 Å². The van der Waals surface area contributed by atoms with Gasteiger partial charge in [-0.25, -0.2) is 0 Å². The summed E-state index contributed by atoms with van der Waals surface area (Å²) >= 11 is 4.99. The summed E-state index contributed by atoms with van der Waals surface area (Å²) in [4.78, 5) is 19.6. The summed E-state index contributed by atoms with van der Waals surface area (Å²) in [5.41, 5.74) is 0. The Morgan fingerprint density at radius 1 is 1.32 bits per heavy atom. The third-order valence-corrected chi connectivity index (χ3v) is 6.97. The Balaban J connectivity index is 2.81. The van der Waals surface area contributed by atoms with Gasteiger partial charge in [0.2, 0.25) is 0 Å². The average Bonchev–Trinajstić information content (AvgIpc) is 2.71. The maximum Gasteiger partial charge on any atom is 0.327 e. The van der Waals surface area contributed by atoms with Crippen LogP contribution in [0.3, 0.4) is 0 Å². The summed E-state index contributed by atoms with van der Waals surface area (Å²) in [5, 5.41) is 0. The van der Waals surface area contributed by atoms with Crippen LogP contribution in [-0.2, 0) is 34.7 Å². The monoisotopic (exact) mass is 374 g/mol. The normalized spacial score (nSPS) is 34.2. The number of hydrogen-bond donors (Lipinski definition) is 2. The van der Waals surface area contributed by atoms with Crippen molar-refractivity contribution in [3.8, 4) is 0 Å². The number of ether oxygens (including phenoxy) is 1. The largest absolute Gasteiger partial charge is 0.379 e. The molecular formula is C11H25BO7P2S. The molecule has 0 radical (unpaired) electrons. The average molecular weight is 374 g/mol. The van der Waals surface area contributed by atoms with Crippen molar-refractivity contribution in [3.05, 3.63) is 0 Å². The molecule has 130 valence electrons. The van der Waals surface area contributed by atoms with E-state index < -0.39 is 20.4 Å². The highest BCUT2D eigenvalue weighted by molar-refractivity contribution is 8.07. The zero-order valence-electron chi connectivity index (χ0n) is 13.4. The minimum absolute atomic E-state index is 0.0279. The van der Waals surface area contributed by atoms with Crippen molar-refractivity contribution in [2.24, 2.45) is 5.92 Å². The molecule has 0 saturated heterocycles. The molecule has 1 fully saturated rings. The van der Waals surface area contributed by atoms with Gasteiger partial charge in [0.15, 0.2) is 0 Å². The summed E-state index contributed by atoms with van der Waals surface area (Å²) < 4.78 is 32.5. The van der Waals surface area contributed by atoms with E-state index in [9.17, 15) is 14.4 Å². The lowest BCUT2D eigenvalue weighted by Crippen LogP contribution is -2.31. The van der Waals surface area contributed by atoms with Crippen LogP contribution in [0.5, 0.6) is 0 Å². The van der Waals surface area contributed by atoms with Gasteiger partial charge in [-0.2, -0.15) is 0 Å². The van der Waals surface area contributed by atoms with Gasteiger partial charge in [-0.1, -0.05) is 0 Å². The molecule has 1 aliphatic rings. The van der Waals surface area contributed by atoms with E-state index >= 15 is 0 Å². The number of rotatable bonds is 9. The van der Waals surface area contributed by atoms with E-state index in [0.717, 1.165) is 6.42 Å². The summed E-state index contributed by atoms with van der Waals surface area (Å²) in [6.07, 6.45) is 0.520. The van der Waals surface area contributed by atoms with Crippen molar-refractivity contribution in [2.45, 2.75) is 37.8 Å². The molecule has 0 bridgehead atoms. The lowest BCUT2D eigenvalue weighted by Gasteiger charge is -2.28. The molecular weight excluding hydrogens is 349 g/mol. The predicted molar refractivity (Wildman–Crippen MR) is 90.5 cm³/mol. The highest BCUT2D eigenvalue weighted by Crippen LogP contribution is 2.52. The molecule has 0 aliphatic heterocycles. The fraction of sp³-hybridized carbons (Fsp3) is 1.00. The van der Waals surface area contributed by atoms with Gasteiger partial charge in [0.1, 0.15) is 7.85 Å². The molecule has 7 nitrogen and oxygen atoms in total. The molecule has 0 spiro atoms. The Bertz CT molecular complexity index is 452. The van der Waals surface area contributed by atoms with Gasteiger partial charge >= 0.3 is 14.3 Å². The van der Waals surface area contributed by atoms with Crippen LogP contribution in [0.1, 0.15) is 19.8 Å². The van der Waals surface area contributed by atoms with Crippen LogP contribution in [0.2, 0.25) is 5.82 Å². The Morgan fingerprint density at radius 3 is 2.45 bits per heavy atom. The topological polar surface area (TPSA) is 94.5 Å². The van der Waals surface area contributed by atoms with Crippen molar-refractivity contribution >= 4 is 34.0 Å². The summed E-state index contributed by atoms with van der Waals surface area (Å²) in [7, 11) is 1.24. The van der Waals surface area contributed by atoms with Crippen LogP contribution in [-0.4, -0.2) is 56.8 Å². The SMILES string of the molecule is BC1C[C@H](CCP(=O)(O)OC)[C@@H](OP(O)(=S)OCC)[C@H]1OC. The molecule has 0 amide bonds. The first-order valence-corrected chi connectivity index (χ1v) is 11.6. The van der Waals surface area contributed by atoms with Crippen LogP contribution in [0.4, 0.5) is 0 Å². The second-order valence-electron chi connectivity index (χ2n) is 5.46. The third kappa shape index (κ3) is 5.97. The van der Waals surface area contributed by atoms with E-state index in [1.165, 1.54) is 7.11 Å². The van der Waals surface area contributed by atoms with Crippen LogP contribution >= 0.6 is 14.3 Å². The predicted octanol–water partition coefficient (Wildman–Crippen LogP) is 1.30. The van der Waals surface area contributed by atoms with Gasteiger partial charge < -0.3 is 28.1 Å². The highest BCUT2D eigenvalue weighted by Gasteiger charge is 2.45. The Morgan fingerprint density at radius 2 is 1.95 bits per heavy atom. The van der Waals surface area contributed by atoms with Crippen LogP contribution < -0.4 is 0 Å². The molecule has 2 N–H and O–H groups in total. The van der Waals surface area contributed by atoms with Gasteiger partial charge in [0, 0.05) is 14.2 Å². The standard InChI is InChI=1S/C11H25BO7P2S/c1-4-18-21(15,22)19-10-8(5-6-20(13,14)17-3)7-9(12)11(10)16-2/h8-11H,4-7,12H2,1-3H3,(H,13,14)(H,15,22)/t8-,9?,10+,11-,21?/m0/s1. The zero-order chi connectivity index (χ0) is 17.0. The highest BCUT2D eigenvalue weighted by atomic mass is 32.5. The van der Waals surface area contributed by atoms with Gasteiger partial charge in [0.05, 0.1) is 25.0 Å². The molecule has 0 aromatic carbocycles. The van der Waals surface area contributed by atoms with E-state index in [0.29, 0.717) is 6.42 Å². The smallest absolute Gasteiger partial charge is 0.327 e. The molecule has 11 heteroatoms. The van der Waals surface area contributed by atoms with E-state index in [1.54, 1.807) is 14.0 Å². The first-order valence-electron chi connectivity index (χ1n) is 7.21. The molecule has 3 unspecified atom stereocenters. The van der Waals surface area contributed by atoms with Crippen molar-refractivity contribution in [3.63, 3.8) is 0 Å². The Labute approximate surface area is 137 Å². The maximum atomic E-state index is 11.6. The Hall–Kier alpha value is 0.705. The summed E-state index contributed by atoms with van der Waals surface area (Å²) in [5.74, 6) is 0.141. The summed E-state index contributed by atoms with van der Waals surface area (Å²) in [6.45, 7) is -1.35. The van der Waals surface area contributed by atoms with Crippen LogP contribution in [0.15, 0.2) is 0 Å². The quantitative estimate of drug-likeness (QED) is 0.461. The van der Waals surface area contributed by atoms with E-state index in [-0.39, 0.29) is 30.6 Å². The Kier molecular flexibility index (Phi) is 8.20. The third-order valence-electron chi connectivity index (χ3n) is 3.91. The molecule has 0 aromatic rings. The minimum Gasteiger partial charge on any atom is -0.379 e. The molecule has 0 heterocycles. The minimum atomic E-state index is -3.57. The molecule has 6 atom stereocenters. The number of methoxy groups -OCH3 is 1. The fourth-order valence-corrected chi connectivity index (χ4v) is 5.34. The van der Waals surface area contributed by atoms with Crippen molar-refractivity contribution in [1.82, 2.24) is 0 Å². The van der Waals surface area contributed by atoms with E-state index in [1.807, 2.05) is 7.85 Å². The zero-order valence-corrected chi connectivity index (χ0v) is 16.0. The van der Waals surface area contributed by atoms with Crippen LogP contribution in [0, 0.1) is 5.92 Å². The van der Waals surface area contributed by atoms with Gasteiger partial charge in [0.25, 0.3) is 0 Å². The maximum absolute atomic E-state index is 11.6. The molecule has 1 saturated carbocycles. The molecule has 0 aromatic heterocycles. The fourth-order valence-electron chi connectivity index (χ4n) is 2.90. The lowest BCUT2D eigenvalue weighted by atomic mass is 9.83. The molecule has 1 aliphatic carbocycles. The van der Waals surface area contributed by atoms with Crippen molar-refractivity contribution < 1.29 is 32.7 Å². The van der Waals surface area contributed by atoms with E-state index in [4.69, 9.17) is 25.6 Å². The van der Waals surface area contributed by atoms with Gasteiger partial charge in [-0.3, -0.25) is 4.57 Å².